The molecule has 2 N–H and O–H groups in total. The molecule has 0 aromatic heterocycles. The highest BCUT2D eigenvalue weighted by Gasteiger charge is 2.11. The maximum absolute atomic E-state index is 5.43. The lowest BCUT2D eigenvalue weighted by molar-refractivity contribution is 0.0342. The van der Waals surface area contributed by atoms with Gasteiger partial charge in [-0.25, -0.2) is 0 Å². The summed E-state index contributed by atoms with van der Waals surface area (Å²) in [4.78, 5) is 6.81. The van der Waals surface area contributed by atoms with E-state index in [1.807, 2.05) is 7.05 Å². The Hall–Kier alpha value is -1.85. The van der Waals surface area contributed by atoms with Crippen LogP contribution in [0.5, 0.6) is 0 Å². The predicted molar refractivity (Wildman–Crippen MR) is 112 cm³/mol. The van der Waals surface area contributed by atoms with Crippen molar-refractivity contribution < 1.29 is 4.74 Å². The van der Waals surface area contributed by atoms with E-state index < -0.39 is 0 Å². The first-order valence-electron chi connectivity index (χ1n) is 10.3. The van der Waals surface area contributed by atoms with Crippen LogP contribution in [-0.2, 0) is 17.8 Å². The Morgan fingerprint density at radius 1 is 1.15 bits per heavy atom. The van der Waals surface area contributed by atoms with Crippen LogP contribution >= 0.6 is 0 Å². The normalized spacial score (nSPS) is 18.9. The van der Waals surface area contributed by atoms with Crippen molar-refractivity contribution in [3.05, 3.63) is 47.0 Å². The van der Waals surface area contributed by atoms with Crippen LogP contribution in [0.15, 0.2) is 40.9 Å². The second-order valence-electron chi connectivity index (χ2n) is 7.42. The average Bonchev–Trinajstić information content (AvgIpc) is 2.72. The van der Waals surface area contributed by atoms with Crippen molar-refractivity contribution in [2.24, 2.45) is 4.99 Å². The fraction of sp³-hybridized carbons (Fsp3) is 0.591. The Bertz CT molecular complexity index is 635. The third-order valence-electron chi connectivity index (χ3n) is 5.31. The van der Waals surface area contributed by atoms with E-state index in [1.165, 1.54) is 36.8 Å². The van der Waals surface area contributed by atoms with E-state index in [2.05, 4.69) is 50.9 Å². The Labute approximate surface area is 163 Å². The van der Waals surface area contributed by atoms with Crippen LogP contribution in [0.1, 0.15) is 43.2 Å². The van der Waals surface area contributed by atoms with Gasteiger partial charge in [-0.2, -0.15) is 0 Å². The number of guanidine groups is 1. The van der Waals surface area contributed by atoms with Crippen molar-refractivity contribution in [3.63, 3.8) is 0 Å². The Morgan fingerprint density at radius 3 is 2.78 bits per heavy atom. The molecular weight excluding hydrogens is 336 g/mol. The number of ether oxygens (including phenoxy) is 1. The molecule has 5 nitrogen and oxygen atoms in total. The molecule has 1 aliphatic carbocycles. The van der Waals surface area contributed by atoms with Crippen molar-refractivity contribution in [3.8, 4) is 0 Å². The molecule has 2 aliphatic rings. The lowest BCUT2D eigenvalue weighted by Crippen LogP contribution is -2.37. The number of aliphatic imine (C=N–C) groups is 1. The zero-order valence-electron chi connectivity index (χ0n) is 16.7. The minimum absolute atomic E-state index is 0.791. The van der Waals surface area contributed by atoms with Crippen molar-refractivity contribution in [2.45, 2.75) is 45.2 Å². The monoisotopic (exact) mass is 370 g/mol. The van der Waals surface area contributed by atoms with E-state index in [1.54, 1.807) is 5.57 Å². The van der Waals surface area contributed by atoms with E-state index in [0.717, 1.165) is 58.3 Å². The molecule has 5 heteroatoms. The molecule has 1 heterocycles. The van der Waals surface area contributed by atoms with Gasteiger partial charge in [-0.3, -0.25) is 9.89 Å². The summed E-state index contributed by atoms with van der Waals surface area (Å²) in [5, 5.41) is 6.88. The van der Waals surface area contributed by atoms with Crippen molar-refractivity contribution in [1.82, 2.24) is 15.5 Å². The van der Waals surface area contributed by atoms with Crippen molar-refractivity contribution in [2.75, 3.05) is 39.9 Å². The molecular formula is C22H34N4O. The molecule has 27 heavy (non-hydrogen) atoms. The quantitative estimate of drug-likeness (QED) is 0.440. The van der Waals surface area contributed by atoms with Gasteiger partial charge in [-0.1, -0.05) is 35.9 Å². The molecule has 1 saturated heterocycles. The number of allylic oxidation sites excluding steroid dienone is 1. The van der Waals surface area contributed by atoms with Gasteiger partial charge in [0.15, 0.2) is 5.96 Å². The van der Waals surface area contributed by atoms with E-state index >= 15 is 0 Å². The lowest BCUT2D eigenvalue weighted by Gasteiger charge is -2.26. The number of benzene rings is 1. The molecule has 3 rings (SSSR count). The van der Waals surface area contributed by atoms with Crippen LogP contribution in [-0.4, -0.2) is 50.8 Å². The second kappa shape index (κ2) is 11.1. The fourth-order valence-electron chi connectivity index (χ4n) is 3.74. The second-order valence-corrected chi connectivity index (χ2v) is 7.42. The van der Waals surface area contributed by atoms with Gasteiger partial charge in [0.25, 0.3) is 0 Å². The molecule has 1 aromatic carbocycles. The summed E-state index contributed by atoms with van der Waals surface area (Å²) < 4.78 is 5.43. The molecule has 148 valence electrons. The molecule has 0 bridgehead atoms. The van der Waals surface area contributed by atoms with Crippen LogP contribution in [0.2, 0.25) is 0 Å². The summed E-state index contributed by atoms with van der Waals surface area (Å²) in [6.07, 6.45) is 8.76. The van der Waals surface area contributed by atoms with Gasteiger partial charge in [-0.15, -0.1) is 0 Å². The molecule has 1 aromatic rings. The van der Waals surface area contributed by atoms with Crippen molar-refractivity contribution in [1.29, 1.82) is 0 Å². The Balaban J connectivity index is 1.42. The predicted octanol–water partition coefficient (Wildman–Crippen LogP) is 3.07. The van der Waals surface area contributed by atoms with Gasteiger partial charge in [0, 0.05) is 39.8 Å². The third-order valence-corrected chi connectivity index (χ3v) is 5.31. The number of morpholine rings is 1. The molecule has 1 fully saturated rings. The first kappa shape index (κ1) is 19.9. The Kier molecular flexibility index (Phi) is 8.18. The fourth-order valence-corrected chi connectivity index (χ4v) is 3.74. The maximum atomic E-state index is 5.43. The largest absolute Gasteiger partial charge is 0.379 e. The summed E-state index contributed by atoms with van der Waals surface area (Å²) in [5.41, 5.74) is 4.25. The van der Waals surface area contributed by atoms with E-state index in [4.69, 9.17) is 4.74 Å². The molecule has 1 aliphatic heterocycles. The van der Waals surface area contributed by atoms with Crippen LogP contribution in [0.3, 0.4) is 0 Å². The van der Waals surface area contributed by atoms with E-state index in [9.17, 15) is 0 Å². The van der Waals surface area contributed by atoms with E-state index in [0.29, 0.717) is 0 Å². The number of nitrogens with one attached hydrogen (secondary N) is 2. The lowest BCUT2D eigenvalue weighted by atomic mass is 9.97. The summed E-state index contributed by atoms with van der Waals surface area (Å²) in [5.74, 6) is 0.880. The average molecular weight is 371 g/mol. The highest BCUT2D eigenvalue weighted by atomic mass is 16.5. The SMILES string of the molecule is CN=C(NCCC1=CCCCC1)NCc1cccc(CN2CCOCC2)c1. The topological polar surface area (TPSA) is 48.9 Å². The zero-order valence-corrected chi connectivity index (χ0v) is 16.7. The molecule has 0 saturated carbocycles. The van der Waals surface area contributed by atoms with Crippen LogP contribution in [0.4, 0.5) is 0 Å². The van der Waals surface area contributed by atoms with Crippen LogP contribution in [0.25, 0.3) is 0 Å². The van der Waals surface area contributed by atoms with Gasteiger partial charge in [0.1, 0.15) is 0 Å². The summed E-state index contributed by atoms with van der Waals surface area (Å²) in [7, 11) is 1.84. The highest BCUT2D eigenvalue weighted by Crippen LogP contribution is 2.19. The smallest absolute Gasteiger partial charge is 0.191 e. The molecule has 0 spiro atoms. The number of nitrogens with zero attached hydrogens (tertiary/aromatic N) is 2. The maximum Gasteiger partial charge on any atom is 0.191 e. The molecule has 0 radical (unpaired) electrons. The van der Waals surface area contributed by atoms with Crippen LogP contribution < -0.4 is 10.6 Å². The first-order chi connectivity index (χ1) is 13.3. The molecule has 0 atom stereocenters. The van der Waals surface area contributed by atoms with Gasteiger partial charge < -0.3 is 15.4 Å². The summed E-state index contributed by atoms with van der Waals surface area (Å²) in [6, 6.07) is 8.83. The van der Waals surface area contributed by atoms with Gasteiger partial charge in [0.05, 0.1) is 13.2 Å². The van der Waals surface area contributed by atoms with Gasteiger partial charge in [-0.05, 0) is 43.2 Å². The minimum Gasteiger partial charge on any atom is -0.379 e. The van der Waals surface area contributed by atoms with Crippen LogP contribution in [0, 0.1) is 0 Å². The van der Waals surface area contributed by atoms with Gasteiger partial charge >= 0.3 is 0 Å². The number of rotatable bonds is 7. The summed E-state index contributed by atoms with van der Waals surface area (Å²) >= 11 is 0. The number of hydrogen-bond acceptors (Lipinski definition) is 3. The standard InChI is InChI=1S/C22H34N4O/c1-23-22(24-11-10-19-6-3-2-4-7-19)25-17-20-8-5-9-21(16-20)18-26-12-14-27-15-13-26/h5-6,8-9,16H,2-4,7,10-15,17-18H2,1H3,(H2,23,24,25). The van der Waals surface area contributed by atoms with E-state index in [-0.39, 0.29) is 0 Å². The highest BCUT2D eigenvalue weighted by molar-refractivity contribution is 5.79. The molecule has 0 unspecified atom stereocenters. The van der Waals surface area contributed by atoms with Gasteiger partial charge in [0.2, 0.25) is 0 Å². The number of hydrogen-bond donors (Lipinski definition) is 2. The third kappa shape index (κ3) is 7.00. The zero-order chi connectivity index (χ0) is 18.7. The van der Waals surface area contributed by atoms with Crippen molar-refractivity contribution >= 4 is 5.96 Å². The summed E-state index contributed by atoms with van der Waals surface area (Å²) in [6.45, 7) is 6.48. The first-order valence-corrected chi connectivity index (χ1v) is 10.3. The molecule has 0 amide bonds. The Morgan fingerprint density at radius 2 is 2.00 bits per heavy atom. The minimum atomic E-state index is 0.791.